The molecule has 1 aliphatic rings. The fourth-order valence-electron chi connectivity index (χ4n) is 3.57. The Morgan fingerprint density at radius 2 is 1.52 bits per heavy atom. The minimum atomic E-state index is -4.43. The highest BCUT2D eigenvalue weighted by molar-refractivity contribution is 5.92. The molecule has 1 aliphatic heterocycles. The van der Waals surface area contributed by atoms with Crippen molar-refractivity contribution < 1.29 is 22.0 Å². The van der Waals surface area contributed by atoms with Crippen LogP contribution in [0.1, 0.15) is 12.0 Å². The lowest BCUT2D eigenvalue weighted by Crippen LogP contribution is -2.31. The highest BCUT2D eigenvalue weighted by Gasteiger charge is 2.31. The van der Waals surface area contributed by atoms with Crippen molar-refractivity contribution in [3.05, 3.63) is 59.9 Å². The Morgan fingerprint density at radius 1 is 0.793 bits per heavy atom. The second-order valence-electron chi connectivity index (χ2n) is 6.81. The molecule has 152 valence electrons. The minimum absolute atomic E-state index is 0.0204. The Balaban J connectivity index is 1.57. The first-order valence-corrected chi connectivity index (χ1v) is 9.10. The summed E-state index contributed by atoms with van der Waals surface area (Å²) in [5.74, 6) is -0.680. The van der Waals surface area contributed by atoms with Gasteiger partial charge < -0.3 is 9.80 Å². The summed E-state index contributed by atoms with van der Waals surface area (Å²) in [7, 11) is 0. The van der Waals surface area contributed by atoms with Gasteiger partial charge in [0.1, 0.15) is 23.0 Å². The average Bonchev–Trinajstić information content (AvgIpc) is 2.96. The number of hydrogen-bond acceptors (Lipinski definition) is 4. The van der Waals surface area contributed by atoms with E-state index in [1.807, 2.05) is 9.80 Å². The van der Waals surface area contributed by atoms with Crippen LogP contribution in [-0.4, -0.2) is 36.1 Å². The lowest BCUT2D eigenvalue weighted by Gasteiger charge is -2.25. The third-order valence-corrected chi connectivity index (χ3v) is 5.01. The summed E-state index contributed by atoms with van der Waals surface area (Å²) in [5, 5.41) is 0.133. The van der Waals surface area contributed by atoms with Crippen LogP contribution in [0.2, 0.25) is 0 Å². The smallest absolute Gasteiger partial charge is 0.369 e. The van der Waals surface area contributed by atoms with Crippen LogP contribution in [0, 0.1) is 11.6 Å². The molecule has 3 aromatic rings. The number of anilines is 2. The van der Waals surface area contributed by atoms with Crippen LogP contribution in [0.15, 0.2) is 42.7 Å². The van der Waals surface area contributed by atoms with Gasteiger partial charge in [0, 0.05) is 38.6 Å². The number of nitrogens with zero attached hydrogens (tertiary/aromatic N) is 4. The van der Waals surface area contributed by atoms with Crippen molar-refractivity contribution in [1.29, 1.82) is 0 Å². The number of fused-ring (bicyclic) bond motifs is 1. The first-order valence-electron chi connectivity index (χ1n) is 9.10. The van der Waals surface area contributed by atoms with Gasteiger partial charge in [-0.2, -0.15) is 13.2 Å². The number of aromatic nitrogens is 2. The zero-order valence-electron chi connectivity index (χ0n) is 15.3. The van der Waals surface area contributed by atoms with Crippen molar-refractivity contribution in [3.63, 3.8) is 0 Å². The van der Waals surface area contributed by atoms with E-state index in [1.54, 1.807) is 6.07 Å². The second-order valence-corrected chi connectivity index (χ2v) is 6.81. The number of benzene rings is 1. The van der Waals surface area contributed by atoms with Crippen molar-refractivity contribution in [1.82, 2.24) is 9.97 Å². The van der Waals surface area contributed by atoms with E-state index in [4.69, 9.17) is 0 Å². The maximum Gasteiger partial charge on any atom is 0.417 e. The van der Waals surface area contributed by atoms with Crippen molar-refractivity contribution >= 4 is 22.4 Å². The van der Waals surface area contributed by atoms with Crippen LogP contribution >= 0.6 is 0 Å². The molecule has 4 rings (SSSR count). The topological polar surface area (TPSA) is 32.3 Å². The number of halogens is 5. The Morgan fingerprint density at radius 3 is 2.24 bits per heavy atom. The molecule has 0 aliphatic carbocycles. The second kappa shape index (κ2) is 7.46. The van der Waals surface area contributed by atoms with Crippen LogP contribution in [-0.2, 0) is 6.18 Å². The van der Waals surface area contributed by atoms with Gasteiger partial charge in [-0.15, -0.1) is 0 Å². The normalized spacial score (nSPS) is 15.6. The van der Waals surface area contributed by atoms with E-state index >= 15 is 0 Å². The van der Waals surface area contributed by atoms with Crippen LogP contribution in [0.4, 0.5) is 33.5 Å². The van der Waals surface area contributed by atoms with E-state index in [9.17, 15) is 22.0 Å². The molecule has 2 aromatic heterocycles. The molecule has 0 bridgehead atoms. The first kappa shape index (κ1) is 19.4. The van der Waals surface area contributed by atoms with Gasteiger partial charge in [-0.1, -0.05) is 0 Å². The lowest BCUT2D eigenvalue weighted by atomic mass is 10.1. The minimum Gasteiger partial charge on any atom is -0.369 e. The summed E-state index contributed by atoms with van der Waals surface area (Å²) in [5.41, 5.74) is -0.263. The van der Waals surface area contributed by atoms with Gasteiger partial charge >= 0.3 is 6.18 Å². The Bertz CT molecular complexity index is 1020. The molecule has 1 aromatic carbocycles. The third kappa shape index (κ3) is 3.81. The standard InChI is InChI=1S/C20H17F5N4/c21-14-3-4-15(22)19-18(14)16(6-7-26-19)28-8-1-9-29(11-10-28)17-5-2-13(12-27-17)20(23,24)25/h2-7,12H,1,8-11H2. The first-order chi connectivity index (χ1) is 13.8. The number of hydrogen-bond donors (Lipinski definition) is 0. The fourth-order valence-corrected chi connectivity index (χ4v) is 3.57. The largest absolute Gasteiger partial charge is 0.417 e. The molecule has 1 saturated heterocycles. The molecular weight excluding hydrogens is 391 g/mol. The predicted octanol–water partition coefficient (Wildman–Crippen LogP) is 4.64. The molecule has 0 atom stereocenters. The molecule has 1 fully saturated rings. The van der Waals surface area contributed by atoms with Crippen LogP contribution < -0.4 is 9.80 Å². The summed E-state index contributed by atoms with van der Waals surface area (Å²) in [6.45, 7) is 2.15. The van der Waals surface area contributed by atoms with Crippen LogP contribution in [0.3, 0.4) is 0 Å². The monoisotopic (exact) mass is 408 g/mol. The maximum absolute atomic E-state index is 14.4. The van der Waals surface area contributed by atoms with E-state index in [0.717, 1.165) is 24.4 Å². The van der Waals surface area contributed by atoms with Gasteiger partial charge in [0.15, 0.2) is 0 Å². The molecule has 0 unspecified atom stereocenters. The summed E-state index contributed by atoms with van der Waals surface area (Å²) < 4.78 is 66.7. The van der Waals surface area contributed by atoms with Gasteiger partial charge in [0.2, 0.25) is 0 Å². The Labute approximate surface area is 163 Å². The van der Waals surface area contributed by atoms with E-state index in [2.05, 4.69) is 9.97 Å². The van der Waals surface area contributed by atoms with E-state index in [-0.39, 0.29) is 10.9 Å². The SMILES string of the molecule is Fc1ccc(F)c2c(N3CCCN(c4ccc(C(F)(F)F)cn4)CC3)ccnc12. The zero-order chi connectivity index (χ0) is 20.6. The lowest BCUT2D eigenvalue weighted by molar-refractivity contribution is -0.137. The molecule has 9 heteroatoms. The quantitative estimate of drug-likeness (QED) is 0.578. The van der Waals surface area contributed by atoms with Gasteiger partial charge in [0.05, 0.1) is 16.6 Å². The molecule has 29 heavy (non-hydrogen) atoms. The van der Waals surface area contributed by atoms with E-state index in [1.165, 1.54) is 12.3 Å². The van der Waals surface area contributed by atoms with Crippen molar-refractivity contribution in [2.75, 3.05) is 36.0 Å². The number of pyridine rings is 2. The summed E-state index contributed by atoms with van der Waals surface area (Å²) in [6, 6.07) is 6.15. The summed E-state index contributed by atoms with van der Waals surface area (Å²) in [4.78, 5) is 11.7. The molecule has 0 N–H and O–H groups in total. The Hall–Kier alpha value is -2.97. The van der Waals surface area contributed by atoms with Gasteiger partial charge in [-0.05, 0) is 36.8 Å². The van der Waals surface area contributed by atoms with Crippen molar-refractivity contribution in [3.8, 4) is 0 Å². The summed E-state index contributed by atoms with van der Waals surface area (Å²) in [6.07, 6.45) is -1.47. The predicted molar refractivity (Wildman–Crippen MR) is 99.9 cm³/mol. The number of alkyl halides is 3. The van der Waals surface area contributed by atoms with Gasteiger partial charge in [-0.3, -0.25) is 4.98 Å². The molecule has 4 nitrogen and oxygen atoms in total. The average molecular weight is 408 g/mol. The molecule has 0 radical (unpaired) electrons. The molecule has 0 saturated carbocycles. The van der Waals surface area contributed by atoms with Gasteiger partial charge in [0.25, 0.3) is 0 Å². The van der Waals surface area contributed by atoms with Crippen molar-refractivity contribution in [2.24, 2.45) is 0 Å². The third-order valence-electron chi connectivity index (χ3n) is 5.01. The van der Waals surface area contributed by atoms with E-state index in [0.29, 0.717) is 44.1 Å². The Kier molecular flexibility index (Phi) is 4.97. The fraction of sp³-hybridized carbons (Fsp3) is 0.300. The van der Waals surface area contributed by atoms with Crippen LogP contribution in [0.25, 0.3) is 10.9 Å². The highest BCUT2D eigenvalue weighted by Crippen LogP contribution is 2.31. The highest BCUT2D eigenvalue weighted by atomic mass is 19.4. The molecule has 0 amide bonds. The van der Waals surface area contributed by atoms with E-state index < -0.39 is 23.4 Å². The number of rotatable bonds is 2. The van der Waals surface area contributed by atoms with Crippen LogP contribution in [0.5, 0.6) is 0 Å². The molecule has 0 spiro atoms. The summed E-state index contributed by atoms with van der Waals surface area (Å²) >= 11 is 0. The maximum atomic E-state index is 14.4. The molecular formula is C20H17F5N4. The van der Waals surface area contributed by atoms with Crippen molar-refractivity contribution in [2.45, 2.75) is 12.6 Å². The van der Waals surface area contributed by atoms with Gasteiger partial charge in [-0.25, -0.2) is 13.8 Å². The zero-order valence-corrected chi connectivity index (χ0v) is 15.3. The molecule has 3 heterocycles.